The van der Waals surface area contributed by atoms with Crippen molar-refractivity contribution in [2.75, 3.05) is 5.73 Å². The van der Waals surface area contributed by atoms with E-state index in [1.807, 2.05) is 0 Å². The van der Waals surface area contributed by atoms with Gasteiger partial charge < -0.3 is 10.3 Å². The lowest BCUT2D eigenvalue weighted by molar-refractivity contribution is 0.432. The van der Waals surface area contributed by atoms with E-state index in [9.17, 15) is 0 Å². The summed E-state index contributed by atoms with van der Waals surface area (Å²) < 4.78 is 5.12. The Hall–Kier alpha value is -2.12. The van der Waals surface area contributed by atoms with Crippen molar-refractivity contribution in [1.82, 2.24) is 25.3 Å². The molecule has 0 saturated carbocycles. The van der Waals surface area contributed by atoms with E-state index < -0.39 is 0 Å². The Morgan fingerprint density at radius 2 is 1.95 bits per heavy atom. The number of anilines is 1. The lowest BCUT2D eigenvalue weighted by Gasteiger charge is -2.02. The van der Waals surface area contributed by atoms with Gasteiger partial charge in [0.25, 0.3) is 5.89 Å². The van der Waals surface area contributed by atoms with Crippen LogP contribution in [0.5, 0.6) is 0 Å². The van der Waals surface area contributed by atoms with E-state index in [1.165, 1.54) is 6.33 Å². The van der Waals surface area contributed by atoms with Crippen molar-refractivity contribution >= 4 is 28.9 Å². The van der Waals surface area contributed by atoms with Gasteiger partial charge in [-0.3, -0.25) is 5.10 Å². The fourth-order valence-electron chi connectivity index (χ4n) is 1.46. The summed E-state index contributed by atoms with van der Waals surface area (Å²) in [4.78, 5) is 8.08. The Morgan fingerprint density at radius 3 is 2.58 bits per heavy atom. The summed E-state index contributed by atoms with van der Waals surface area (Å²) in [7, 11) is 0. The summed E-state index contributed by atoms with van der Waals surface area (Å²) in [6.07, 6.45) is 1.35. The minimum Gasteiger partial charge on any atom is -0.396 e. The van der Waals surface area contributed by atoms with Crippen LogP contribution in [0.25, 0.3) is 23.1 Å². The number of halogens is 2. The van der Waals surface area contributed by atoms with E-state index in [0.29, 0.717) is 27.1 Å². The van der Waals surface area contributed by atoms with Crippen molar-refractivity contribution in [1.29, 1.82) is 0 Å². The van der Waals surface area contributed by atoms with Gasteiger partial charge in [0, 0.05) is 5.56 Å². The number of rotatable bonds is 2. The molecule has 0 unspecified atom stereocenters. The molecule has 0 saturated heterocycles. The van der Waals surface area contributed by atoms with Crippen LogP contribution in [-0.2, 0) is 0 Å². The van der Waals surface area contributed by atoms with Gasteiger partial charge in [-0.25, -0.2) is 4.98 Å². The third-order valence-corrected chi connectivity index (χ3v) is 3.00. The average Bonchev–Trinajstić information content (AvgIpc) is 3.05. The molecule has 2 heterocycles. The molecule has 2 aromatic heterocycles. The number of nitrogens with zero attached hydrogens (tertiary/aromatic N) is 4. The molecule has 0 amide bonds. The van der Waals surface area contributed by atoms with Crippen LogP contribution >= 0.6 is 23.2 Å². The number of nitrogens with one attached hydrogen (secondary N) is 1. The molecule has 3 N–H and O–H groups in total. The van der Waals surface area contributed by atoms with E-state index in [2.05, 4.69) is 25.3 Å². The zero-order valence-electron chi connectivity index (χ0n) is 9.26. The molecule has 3 rings (SSSR count). The van der Waals surface area contributed by atoms with E-state index >= 15 is 0 Å². The standard InChI is InChI=1S/C10H6Cl2N6O/c11-5-1-4(2-6(12)7(5)13)10-16-9(18-19-10)8-14-3-15-17-8/h1-3H,13H2,(H,14,15,17). The molecule has 0 fully saturated rings. The molecule has 96 valence electrons. The lowest BCUT2D eigenvalue weighted by Crippen LogP contribution is -1.89. The number of aromatic amines is 1. The fourth-order valence-corrected chi connectivity index (χ4v) is 1.94. The molecule has 7 nitrogen and oxygen atoms in total. The number of hydrogen-bond acceptors (Lipinski definition) is 6. The maximum atomic E-state index is 5.95. The van der Waals surface area contributed by atoms with Crippen LogP contribution in [0.4, 0.5) is 5.69 Å². The highest BCUT2D eigenvalue weighted by atomic mass is 35.5. The van der Waals surface area contributed by atoms with Gasteiger partial charge >= 0.3 is 0 Å². The number of benzene rings is 1. The van der Waals surface area contributed by atoms with Crippen LogP contribution in [-0.4, -0.2) is 25.3 Å². The highest BCUT2D eigenvalue weighted by Gasteiger charge is 2.15. The third kappa shape index (κ3) is 2.13. The highest BCUT2D eigenvalue weighted by Crippen LogP contribution is 2.33. The predicted octanol–water partition coefficient (Wildman–Crippen LogP) is 2.41. The molecule has 0 atom stereocenters. The molecule has 0 radical (unpaired) electrons. The Labute approximate surface area is 116 Å². The van der Waals surface area contributed by atoms with Crippen LogP contribution in [0.2, 0.25) is 10.0 Å². The number of nitrogens with two attached hydrogens (primary N) is 1. The topological polar surface area (TPSA) is 107 Å². The SMILES string of the molecule is Nc1c(Cl)cc(-c2nc(-c3ncn[nH]3)no2)cc1Cl. The van der Waals surface area contributed by atoms with Crippen molar-refractivity contribution in [2.24, 2.45) is 0 Å². The average molecular weight is 297 g/mol. The highest BCUT2D eigenvalue weighted by molar-refractivity contribution is 6.39. The minimum atomic E-state index is 0.259. The molecular weight excluding hydrogens is 291 g/mol. The van der Waals surface area contributed by atoms with Crippen LogP contribution in [0.15, 0.2) is 23.0 Å². The smallest absolute Gasteiger partial charge is 0.258 e. The zero-order valence-corrected chi connectivity index (χ0v) is 10.8. The second kappa shape index (κ2) is 4.52. The Morgan fingerprint density at radius 1 is 1.21 bits per heavy atom. The summed E-state index contributed by atoms with van der Waals surface area (Å²) in [5, 5.41) is 10.8. The Balaban J connectivity index is 2.04. The number of hydrogen-bond donors (Lipinski definition) is 2. The molecule has 0 aliphatic heterocycles. The van der Waals surface area contributed by atoms with Crippen molar-refractivity contribution in [3.63, 3.8) is 0 Å². The summed E-state index contributed by atoms with van der Waals surface area (Å²) in [5.74, 6) is 0.953. The quantitative estimate of drug-likeness (QED) is 0.703. The summed E-state index contributed by atoms with van der Waals surface area (Å²) in [6, 6.07) is 3.20. The van der Waals surface area contributed by atoms with Crippen molar-refractivity contribution in [3.05, 3.63) is 28.5 Å². The Kier molecular flexibility index (Phi) is 2.84. The second-order valence-corrected chi connectivity index (χ2v) is 4.43. The monoisotopic (exact) mass is 296 g/mol. The second-order valence-electron chi connectivity index (χ2n) is 3.61. The first kappa shape index (κ1) is 11.9. The van der Waals surface area contributed by atoms with Gasteiger partial charge in [-0.15, -0.1) is 0 Å². The normalized spacial score (nSPS) is 10.8. The number of aromatic nitrogens is 5. The first-order valence-electron chi connectivity index (χ1n) is 5.09. The largest absolute Gasteiger partial charge is 0.396 e. The van der Waals surface area contributed by atoms with Crippen molar-refractivity contribution in [2.45, 2.75) is 0 Å². The zero-order chi connectivity index (χ0) is 13.4. The maximum absolute atomic E-state index is 5.95. The van der Waals surface area contributed by atoms with E-state index in [-0.39, 0.29) is 11.7 Å². The van der Waals surface area contributed by atoms with Gasteiger partial charge in [0.05, 0.1) is 15.7 Å². The van der Waals surface area contributed by atoms with E-state index in [1.54, 1.807) is 12.1 Å². The van der Waals surface area contributed by atoms with E-state index in [4.69, 9.17) is 33.5 Å². The molecule has 0 aliphatic carbocycles. The Bertz CT molecular complexity index is 700. The minimum absolute atomic E-state index is 0.259. The maximum Gasteiger partial charge on any atom is 0.258 e. The summed E-state index contributed by atoms with van der Waals surface area (Å²) in [6.45, 7) is 0. The van der Waals surface area contributed by atoms with Gasteiger partial charge in [0.1, 0.15) is 6.33 Å². The molecule has 9 heteroatoms. The molecule has 1 aromatic carbocycles. The molecule has 19 heavy (non-hydrogen) atoms. The van der Waals surface area contributed by atoms with Gasteiger partial charge in [0.15, 0.2) is 5.82 Å². The molecular formula is C10H6Cl2N6O. The lowest BCUT2D eigenvalue weighted by atomic mass is 10.2. The first-order chi connectivity index (χ1) is 9.15. The van der Waals surface area contributed by atoms with Crippen molar-refractivity contribution < 1.29 is 4.52 Å². The molecule has 3 aromatic rings. The summed E-state index contributed by atoms with van der Waals surface area (Å²) >= 11 is 11.9. The molecule has 0 aliphatic rings. The number of H-pyrrole nitrogens is 1. The summed E-state index contributed by atoms with van der Waals surface area (Å²) in [5.41, 5.74) is 6.54. The third-order valence-electron chi connectivity index (χ3n) is 2.38. The first-order valence-corrected chi connectivity index (χ1v) is 5.85. The van der Waals surface area contributed by atoms with Gasteiger partial charge in [-0.2, -0.15) is 10.1 Å². The molecule has 0 spiro atoms. The van der Waals surface area contributed by atoms with Crippen LogP contribution in [0, 0.1) is 0 Å². The van der Waals surface area contributed by atoms with Gasteiger partial charge in [-0.1, -0.05) is 28.4 Å². The van der Waals surface area contributed by atoms with E-state index in [0.717, 1.165) is 0 Å². The predicted molar refractivity (Wildman–Crippen MR) is 69.5 cm³/mol. The van der Waals surface area contributed by atoms with Crippen LogP contribution in [0.3, 0.4) is 0 Å². The van der Waals surface area contributed by atoms with Crippen LogP contribution in [0.1, 0.15) is 0 Å². The molecule has 0 bridgehead atoms. The number of nitrogen functional groups attached to an aromatic ring is 1. The van der Waals surface area contributed by atoms with Crippen molar-refractivity contribution in [3.8, 4) is 23.1 Å². The van der Waals surface area contributed by atoms with Gasteiger partial charge in [0.2, 0.25) is 5.82 Å². The van der Waals surface area contributed by atoms with Gasteiger partial charge in [-0.05, 0) is 12.1 Å². The van der Waals surface area contributed by atoms with Crippen LogP contribution < -0.4 is 5.73 Å². The fraction of sp³-hybridized carbons (Fsp3) is 0.